The van der Waals surface area contributed by atoms with Gasteiger partial charge in [-0.25, -0.2) is 17.2 Å². The molecule has 3 rings (SSSR count). The minimum Gasteiger partial charge on any atom is -0.490 e. The Morgan fingerprint density at radius 2 is 1.86 bits per heavy atom. The molecule has 1 fully saturated rings. The molecule has 0 aromatic heterocycles. The maximum Gasteiger partial charge on any atom is 0.401 e. The van der Waals surface area contributed by atoms with Crippen LogP contribution in [0.2, 0.25) is 0 Å². The zero-order valence-electron chi connectivity index (χ0n) is 15.5. The summed E-state index contributed by atoms with van der Waals surface area (Å²) in [4.78, 5) is 0. The molecule has 2 aliphatic rings. The maximum absolute atomic E-state index is 14.3. The van der Waals surface area contributed by atoms with Crippen molar-refractivity contribution in [1.82, 2.24) is 5.32 Å². The van der Waals surface area contributed by atoms with E-state index in [1.54, 1.807) is 0 Å². The first-order valence-electron chi connectivity index (χ1n) is 9.27. The van der Waals surface area contributed by atoms with Crippen LogP contribution in [0.25, 0.3) is 0 Å². The van der Waals surface area contributed by atoms with E-state index in [0.29, 0.717) is 6.42 Å². The summed E-state index contributed by atoms with van der Waals surface area (Å²) in [7, 11) is -3.60. The molecular formula is C18H22F5NO4S. The first kappa shape index (κ1) is 22.2. The zero-order valence-corrected chi connectivity index (χ0v) is 16.3. The molecule has 164 valence electrons. The highest BCUT2D eigenvalue weighted by molar-refractivity contribution is 7.91. The van der Waals surface area contributed by atoms with E-state index in [0.717, 1.165) is 12.1 Å². The van der Waals surface area contributed by atoms with Gasteiger partial charge in [-0.2, -0.15) is 13.2 Å². The van der Waals surface area contributed by atoms with Crippen LogP contribution in [-0.2, 0) is 14.6 Å². The van der Waals surface area contributed by atoms with Crippen molar-refractivity contribution < 1.29 is 39.8 Å². The lowest BCUT2D eigenvalue weighted by Gasteiger charge is -2.42. The SMILES string of the molecule is O=S(=O)(CCNCC(F)(F)F)CC[C@@H]1OCCC2c3c(F)ccc(F)c3OC[C@H]21. The fourth-order valence-corrected chi connectivity index (χ4v) is 5.15. The Morgan fingerprint density at radius 1 is 1.14 bits per heavy atom. The largest absolute Gasteiger partial charge is 0.490 e. The molecule has 1 aromatic rings. The molecule has 29 heavy (non-hydrogen) atoms. The van der Waals surface area contributed by atoms with Crippen molar-refractivity contribution >= 4 is 9.84 Å². The van der Waals surface area contributed by atoms with Crippen molar-refractivity contribution in [3.8, 4) is 5.75 Å². The number of alkyl halides is 3. The topological polar surface area (TPSA) is 64.6 Å². The molecule has 0 amide bonds. The van der Waals surface area contributed by atoms with E-state index >= 15 is 0 Å². The number of hydrogen-bond donors (Lipinski definition) is 1. The van der Waals surface area contributed by atoms with E-state index in [1.165, 1.54) is 0 Å². The van der Waals surface area contributed by atoms with Crippen molar-refractivity contribution in [3.63, 3.8) is 0 Å². The van der Waals surface area contributed by atoms with Gasteiger partial charge in [0.2, 0.25) is 0 Å². The van der Waals surface area contributed by atoms with Gasteiger partial charge in [0, 0.05) is 30.6 Å². The van der Waals surface area contributed by atoms with Gasteiger partial charge >= 0.3 is 6.18 Å². The van der Waals surface area contributed by atoms with E-state index < -0.39 is 46.0 Å². The van der Waals surface area contributed by atoms with Crippen LogP contribution < -0.4 is 10.1 Å². The standard InChI is InChI=1S/C18H22F5NO4S/c19-13-1-2-14(20)17-16(13)11-3-6-27-15(12(11)9-28-17)4-7-29(25,26)8-5-24-10-18(21,22)23/h1-2,11-12,15,24H,3-10H2/t11?,12-,15+/m1/s1. The molecule has 2 heterocycles. The van der Waals surface area contributed by atoms with Crippen LogP contribution in [0.15, 0.2) is 12.1 Å². The average molecular weight is 443 g/mol. The van der Waals surface area contributed by atoms with Crippen molar-refractivity contribution in [2.45, 2.75) is 31.0 Å². The van der Waals surface area contributed by atoms with Crippen LogP contribution in [0.4, 0.5) is 22.0 Å². The number of benzene rings is 1. The predicted octanol–water partition coefficient (Wildman–Crippen LogP) is 2.80. The molecule has 2 aliphatic heterocycles. The third-order valence-corrected chi connectivity index (χ3v) is 6.95. The lowest BCUT2D eigenvalue weighted by molar-refractivity contribution is -0.124. The second kappa shape index (κ2) is 8.73. The quantitative estimate of drug-likeness (QED) is 0.519. The Hall–Kier alpha value is -1.46. The Bertz CT molecular complexity index is 830. The van der Waals surface area contributed by atoms with Crippen molar-refractivity contribution in [1.29, 1.82) is 0 Å². The molecule has 1 unspecified atom stereocenters. The molecule has 3 atom stereocenters. The Balaban J connectivity index is 1.59. The van der Waals surface area contributed by atoms with Crippen molar-refractivity contribution in [2.75, 3.05) is 37.8 Å². The van der Waals surface area contributed by atoms with E-state index in [4.69, 9.17) is 9.47 Å². The van der Waals surface area contributed by atoms with Gasteiger partial charge in [-0.3, -0.25) is 0 Å². The van der Waals surface area contributed by atoms with Gasteiger partial charge in [-0.1, -0.05) is 0 Å². The van der Waals surface area contributed by atoms with Crippen LogP contribution in [-0.4, -0.2) is 58.5 Å². The number of hydrogen-bond acceptors (Lipinski definition) is 5. The number of fused-ring (bicyclic) bond motifs is 3. The lowest BCUT2D eigenvalue weighted by Crippen LogP contribution is -2.43. The summed E-state index contributed by atoms with van der Waals surface area (Å²) in [5.41, 5.74) is 0.161. The predicted molar refractivity (Wildman–Crippen MR) is 94.6 cm³/mol. The van der Waals surface area contributed by atoms with Crippen molar-refractivity contribution in [3.05, 3.63) is 29.3 Å². The molecule has 1 N–H and O–H groups in total. The molecule has 1 aromatic carbocycles. The molecule has 0 bridgehead atoms. The number of ether oxygens (including phenoxy) is 2. The van der Waals surface area contributed by atoms with Gasteiger partial charge in [0.1, 0.15) is 5.82 Å². The third kappa shape index (κ3) is 5.58. The fraction of sp³-hybridized carbons (Fsp3) is 0.667. The average Bonchev–Trinajstić information content (AvgIpc) is 2.65. The number of sulfone groups is 1. The Morgan fingerprint density at radius 3 is 2.59 bits per heavy atom. The highest BCUT2D eigenvalue weighted by Gasteiger charge is 2.42. The fourth-order valence-electron chi connectivity index (χ4n) is 3.90. The molecular weight excluding hydrogens is 421 g/mol. The van der Waals surface area contributed by atoms with Crippen LogP contribution in [0, 0.1) is 17.6 Å². The normalized spacial score (nSPS) is 24.5. The summed E-state index contributed by atoms with van der Waals surface area (Å²) in [5, 5.41) is 2.05. The molecule has 11 heteroatoms. The number of halogens is 5. The van der Waals surface area contributed by atoms with Crippen LogP contribution in [0.5, 0.6) is 5.75 Å². The van der Waals surface area contributed by atoms with Crippen LogP contribution in [0.1, 0.15) is 24.3 Å². The molecule has 0 spiro atoms. The van der Waals surface area contributed by atoms with E-state index in [1.807, 2.05) is 0 Å². The van der Waals surface area contributed by atoms with E-state index in [9.17, 15) is 30.4 Å². The third-order valence-electron chi connectivity index (χ3n) is 5.27. The van der Waals surface area contributed by atoms with Gasteiger partial charge in [0.25, 0.3) is 0 Å². The van der Waals surface area contributed by atoms with Crippen LogP contribution in [0.3, 0.4) is 0 Å². The minimum absolute atomic E-state index is 0.0793. The van der Waals surface area contributed by atoms with Crippen molar-refractivity contribution in [2.24, 2.45) is 5.92 Å². The van der Waals surface area contributed by atoms with Gasteiger partial charge in [0.05, 0.1) is 30.8 Å². The number of nitrogens with one attached hydrogen (secondary N) is 1. The van der Waals surface area contributed by atoms with E-state index in [-0.39, 0.29) is 55.1 Å². The molecule has 5 nitrogen and oxygen atoms in total. The highest BCUT2D eigenvalue weighted by Crippen LogP contribution is 2.46. The van der Waals surface area contributed by atoms with Gasteiger partial charge in [0.15, 0.2) is 21.4 Å². The Labute approximate surface area is 165 Å². The summed E-state index contributed by atoms with van der Waals surface area (Å²) in [6.45, 7) is -1.21. The zero-order chi connectivity index (χ0) is 21.2. The maximum atomic E-state index is 14.3. The highest BCUT2D eigenvalue weighted by atomic mass is 32.2. The van der Waals surface area contributed by atoms with E-state index in [2.05, 4.69) is 5.32 Å². The molecule has 0 radical (unpaired) electrons. The Kier molecular flexibility index (Phi) is 6.69. The summed E-state index contributed by atoms with van der Waals surface area (Å²) in [6.07, 6.45) is -4.35. The molecule has 1 saturated heterocycles. The second-order valence-electron chi connectivity index (χ2n) is 7.28. The monoisotopic (exact) mass is 443 g/mol. The summed E-state index contributed by atoms with van der Waals surface area (Å²) in [5.74, 6) is -2.68. The van der Waals surface area contributed by atoms with Crippen LogP contribution >= 0.6 is 0 Å². The van der Waals surface area contributed by atoms with Gasteiger partial charge < -0.3 is 14.8 Å². The first-order chi connectivity index (χ1) is 13.6. The van der Waals surface area contributed by atoms with Gasteiger partial charge in [-0.15, -0.1) is 0 Å². The first-order valence-corrected chi connectivity index (χ1v) is 11.1. The molecule has 0 aliphatic carbocycles. The smallest absolute Gasteiger partial charge is 0.401 e. The second-order valence-corrected chi connectivity index (χ2v) is 9.59. The summed E-state index contributed by atoms with van der Waals surface area (Å²) in [6, 6.07) is 2.05. The number of rotatable bonds is 7. The lowest BCUT2D eigenvalue weighted by atomic mass is 9.76. The minimum atomic E-state index is -4.40. The molecule has 0 saturated carbocycles. The summed E-state index contributed by atoms with van der Waals surface area (Å²) >= 11 is 0. The van der Waals surface area contributed by atoms with Gasteiger partial charge in [-0.05, 0) is 25.0 Å². The summed E-state index contributed by atoms with van der Waals surface area (Å²) < 4.78 is 99.9.